The summed E-state index contributed by atoms with van der Waals surface area (Å²) in [5.74, 6) is 0.715. The smallest absolute Gasteiger partial charge is 0.0539 e. The monoisotopic (exact) mass is 507 g/mol. The fourth-order valence-electron chi connectivity index (χ4n) is 3.43. The Morgan fingerprint density at radius 1 is 0.970 bits per heavy atom. The summed E-state index contributed by atoms with van der Waals surface area (Å²) in [7, 11) is 0. The maximum absolute atomic E-state index is 9.61. The van der Waals surface area contributed by atoms with Gasteiger partial charge >= 0.3 is 0 Å². The van der Waals surface area contributed by atoms with Gasteiger partial charge in [0.05, 0.1) is 5.69 Å². The normalized spacial score (nSPS) is 20.3. The van der Waals surface area contributed by atoms with E-state index in [-0.39, 0.29) is 27.8 Å². The Hall–Kier alpha value is -1.54. The number of thiocarbonyl (C=S) groups is 1. The molecule has 0 bridgehead atoms. The van der Waals surface area contributed by atoms with Crippen LogP contribution in [0, 0.1) is 54.4 Å². The number of nitrogens with zero attached hydrogens (tertiary/aromatic N) is 1. The molecule has 0 spiro atoms. The van der Waals surface area contributed by atoms with Crippen molar-refractivity contribution in [1.29, 1.82) is 0 Å². The molecule has 178 valence electrons. The Kier molecular flexibility index (Phi) is 16.8. The van der Waals surface area contributed by atoms with E-state index < -0.39 is 0 Å². The maximum Gasteiger partial charge on any atom is 0.0539 e. The number of para-hydroxylation sites is 1. The number of nitrogens with one attached hydrogen (secondary N) is 2. The minimum Gasteiger partial charge on any atom is -0.999 e. The number of rotatable bonds is 2. The zero-order valence-corrected chi connectivity index (χ0v) is 21.4. The Morgan fingerprint density at radius 3 is 2.03 bits per heavy atom. The van der Waals surface area contributed by atoms with E-state index in [1.807, 2.05) is 30.3 Å². The number of anilines is 1. The molecule has 2 fully saturated rings. The number of fused-ring (bicyclic) bond motifs is 1. The number of hydrogen-bond acceptors (Lipinski definition) is 4. The van der Waals surface area contributed by atoms with E-state index in [4.69, 9.17) is 0 Å². The summed E-state index contributed by atoms with van der Waals surface area (Å²) < 4.78 is 0.314. The molecule has 3 aromatic rings. The van der Waals surface area contributed by atoms with Crippen LogP contribution in [0.3, 0.4) is 0 Å². The molecular weight excluding hydrogens is 482 g/mol. The summed E-state index contributed by atoms with van der Waals surface area (Å²) in [4.78, 5) is 0. The third kappa shape index (κ3) is 13.7. The average Bonchev–Trinajstić information content (AvgIpc) is 3.59. The van der Waals surface area contributed by atoms with Crippen molar-refractivity contribution in [1.82, 2.24) is 5.43 Å². The molecule has 0 radical (unpaired) electrons. The number of hydrogen-bond donors (Lipinski definition) is 3. The van der Waals surface area contributed by atoms with Crippen molar-refractivity contribution in [3.63, 3.8) is 0 Å². The molecule has 2 aliphatic rings. The van der Waals surface area contributed by atoms with Crippen molar-refractivity contribution in [2.45, 2.75) is 44.2 Å². The topological polar surface area (TPSA) is 58.4 Å². The molecule has 5 rings (SSSR count). The van der Waals surface area contributed by atoms with Crippen molar-refractivity contribution in [2.75, 3.05) is 12.0 Å². The van der Waals surface area contributed by atoms with Crippen LogP contribution in [0.2, 0.25) is 0 Å². The third-order valence-electron chi connectivity index (χ3n) is 4.81. The van der Waals surface area contributed by atoms with E-state index in [0.717, 1.165) is 18.7 Å². The van der Waals surface area contributed by atoms with Crippen LogP contribution >= 0.6 is 12.2 Å². The van der Waals surface area contributed by atoms with E-state index in [0.29, 0.717) is 16.3 Å². The molecule has 1 aliphatic carbocycles. The van der Waals surface area contributed by atoms with Gasteiger partial charge in [-0.1, -0.05) is 49.8 Å². The van der Waals surface area contributed by atoms with Gasteiger partial charge < -0.3 is 107 Å². The van der Waals surface area contributed by atoms with Gasteiger partial charge in [-0.3, -0.25) is 0 Å². The first-order valence-electron chi connectivity index (χ1n) is 10.4. The summed E-state index contributed by atoms with van der Waals surface area (Å²) in [5, 5.41) is 14.1. The molecule has 1 heterocycles. The first kappa shape index (κ1) is 29.5. The van der Waals surface area contributed by atoms with Crippen LogP contribution in [0.5, 0.6) is 0 Å². The van der Waals surface area contributed by atoms with E-state index in [1.165, 1.54) is 25.7 Å². The van der Waals surface area contributed by atoms with Gasteiger partial charge in [0, 0.05) is 27.8 Å². The van der Waals surface area contributed by atoms with Crippen molar-refractivity contribution >= 4 is 34.9 Å². The predicted molar refractivity (Wildman–Crippen MR) is 133 cm³/mol. The van der Waals surface area contributed by atoms with Crippen molar-refractivity contribution < 1.29 is 26.8 Å². The second-order valence-corrected chi connectivity index (χ2v) is 8.14. The molecule has 3 N–H and O–H groups in total. The zero-order chi connectivity index (χ0) is 22.9. The fourth-order valence-corrected chi connectivity index (χ4v) is 3.53. The van der Waals surface area contributed by atoms with Crippen LogP contribution in [-0.2, 0) is 34.3 Å². The molecular formula is C26H25N3OS2Ti-12. The Balaban J connectivity index is 0.000000231. The van der Waals surface area contributed by atoms with Gasteiger partial charge in [0.15, 0.2) is 0 Å². The fraction of sp³-hybridized carbons (Fsp3) is 0.346. The summed E-state index contributed by atoms with van der Waals surface area (Å²) in [5.41, 5.74) is 6.45. The molecule has 33 heavy (non-hydrogen) atoms. The molecule has 1 saturated heterocycles. The minimum atomic E-state index is -0.117. The number of aliphatic hydroxyl groups is 1. The van der Waals surface area contributed by atoms with Crippen molar-refractivity contribution in [2.24, 2.45) is 5.92 Å². The second-order valence-electron chi connectivity index (χ2n) is 7.07. The van der Waals surface area contributed by atoms with Crippen LogP contribution in [0.1, 0.15) is 32.1 Å². The number of benzene rings is 1. The second kappa shape index (κ2) is 18.8. The molecule has 0 amide bonds. The van der Waals surface area contributed by atoms with Gasteiger partial charge in [-0.15, -0.1) is 12.6 Å². The first-order chi connectivity index (χ1) is 15.7. The van der Waals surface area contributed by atoms with Crippen LogP contribution in [0.4, 0.5) is 5.69 Å². The summed E-state index contributed by atoms with van der Waals surface area (Å²) in [6.07, 6.45) is 5.90. The van der Waals surface area contributed by atoms with Crippen LogP contribution < -0.4 is 10.9 Å². The van der Waals surface area contributed by atoms with Crippen LogP contribution in [-0.4, -0.2) is 28.1 Å². The van der Waals surface area contributed by atoms with Crippen molar-refractivity contribution in [3.8, 4) is 0 Å². The van der Waals surface area contributed by atoms with Crippen molar-refractivity contribution in [3.05, 3.63) is 96.3 Å². The zero-order valence-electron chi connectivity index (χ0n) is 18.2. The molecule has 0 aromatic heterocycles. The molecule has 3 unspecified atom stereocenters. The average molecular weight is 508 g/mol. The standard InChI is InChI=1S/C9H16NO.C7H8N2S2.2C5H.Ti/c11-8-5-1-3-7-4-2-6-10-9(7)8;10-7(11)9-8-6-4-2-1-3-5-6;2*1-2-4-5-3-1;/h7-9,11H,1-6H2;1-5,8H,(H2,9,10,11);2*1H;/q-1;;2*-5;/p-1. The Bertz CT molecular complexity index is 738. The maximum atomic E-state index is 9.61. The van der Waals surface area contributed by atoms with E-state index >= 15 is 0 Å². The van der Waals surface area contributed by atoms with E-state index in [1.54, 1.807) is 12.1 Å². The van der Waals surface area contributed by atoms with Gasteiger partial charge in [0.25, 0.3) is 0 Å². The predicted octanol–water partition coefficient (Wildman–Crippen LogP) is 4.33. The summed E-state index contributed by atoms with van der Waals surface area (Å²) >= 11 is 9.27. The quantitative estimate of drug-likeness (QED) is 0.159. The largest absolute Gasteiger partial charge is 0.999 e. The number of piperidine rings is 1. The van der Waals surface area contributed by atoms with Gasteiger partial charge in [0.2, 0.25) is 0 Å². The molecule has 1 saturated carbocycles. The van der Waals surface area contributed by atoms with Crippen LogP contribution in [0.15, 0.2) is 42.5 Å². The Morgan fingerprint density at radius 2 is 1.55 bits per heavy atom. The number of hydrazine groups is 1. The van der Waals surface area contributed by atoms with Gasteiger partial charge in [-0.25, -0.2) is 0 Å². The Labute approximate surface area is 224 Å². The molecule has 1 aliphatic heterocycles. The molecule has 3 aromatic carbocycles. The molecule has 4 nitrogen and oxygen atoms in total. The minimum absolute atomic E-state index is 0. The van der Waals surface area contributed by atoms with Gasteiger partial charge in [-0.2, -0.15) is 0 Å². The third-order valence-corrected chi connectivity index (χ3v) is 5.01. The molecule has 3 atom stereocenters. The van der Waals surface area contributed by atoms with E-state index in [9.17, 15) is 5.11 Å². The van der Waals surface area contributed by atoms with Crippen LogP contribution in [0.25, 0.3) is 5.32 Å². The first-order valence-corrected chi connectivity index (χ1v) is 11.3. The summed E-state index contributed by atoms with van der Waals surface area (Å²) in [6.45, 7) is 0.984. The van der Waals surface area contributed by atoms with E-state index in [2.05, 4.69) is 89.5 Å². The number of aliphatic hydroxyl groups excluding tert-OH is 1. The molecule has 7 heteroatoms. The van der Waals surface area contributed by atoms with Gasteiger partial charge in [0.1, 0.15) is 0 Å². The SMILES string of the molecule is OC1CCCC2CCC[N-]C12.S=C([S-])NNc1ccccc1.[Ti].[c-]1[c-][c-][cH-][c-]1.[c-]1[c-][c-][cH-][c-]1. The summed E-state index contributed by atoms with van der Waals surface area (Å²) in [6, 6.07) is 33.9. The van der Waals surface area contributed by atoms with Gasteiger partial charge in [-0.05, 0) is 22.9 Å².